The van der Waals surface area contributed by atoms with Crippen LogP contribution >= 0.6 is 0 Å². The van der Waals surface area contributed by atoms with Gasteiger partial charge in [-0.25, -0.2) is 17.5 Å². The molecule has 1 unspecified atom stereocenters. The maximum absolute atomic E-state index is 13.7. The third-order valence-electron chi connectivity index (χ3n) is 2.93. The van der Waals surface area contributed by atoms with Gasteiger partial charge in [-0.2, -0.15) is 0 Å². The van der Waals surface area contributed by atoms with Gasteiger partial charge in [-0.15, -0.1) is 0 Å². The molecular formula is C13H20FNO4S. The van der Waals surface area contributed by atoms with E-state index < -0.39 is 26.8 Å². The van der Waals surface area contributed by atoms with Gasteiger partial charge in [0.1, 0.15) is 10.7 Å². The molecule has 0 aliphatic rings. The lowest BCUT2D eigenvalue weighted by Crippen LogP contribution is -2.41. The Morgan fingerprint density at radius 3 is 2.55 bits per heavy atom. The fraction of sp³-hybridized carbons (Fsp3) is 0.538. The highest BCUT2D eigenvalue weighted by Crippen LogP contribution is 2.18. The van der Waals surface area contributed by atoms with E-state index in [0.717, 1.165) is 12.1 Å². The van der Waals surface area contributed by atoms with E-state index in [2.05, 4.69) is 4.72 Å². The number of aliphatic hydroxyl groups excluding tert-OH is 1. The average molecular weight is 305 g/mol. The summed E-state index contributed by atoms with van der Waals surface area (Å²) < 4.78 is 45.5. The fourth-order valence-corrected chi connectivity index (χ4v) is 3.15. The molecule has 0 heterocycles. The molecule has 0 amide bonds. The van der Waals surface area contributed by atoms with Crippen LogP contribution in [0, 0.1) is 11.7 Å². The summed E-state index contributed by atoms with van der Waals surface area (Å²) in [5.41, 5.74) is 0.333. The number of nitrogens with one attached hydrogen (secondary N) is 1. The second-order valence-corrected chi connectivity index (χ2v) is 6.53. The van der Waals surface area contributed by atoms with Gasteiger partial charge in [0.25, 0.3) is 0 Å². The van der Waals surface area contributed by atoms with Crippen molar-refractivity contribution in [3.05, 3.63) is 29.6 Å². The van der Waals surface area contributed by atoms with Crippen LogP contribution < -0.4 is 4.72 Å². The van der Waals surface area contributed by atoms with Crippen LogP contribution in [0.5, 0.6) is 0 Å². The number of halogens is 1. The maximum Gasteiger partial charge on any atom is 0.243 e. The average Bonchev–Trinajstić information content (AvgIpc) is 2.38. The normalized spacial score (nSPS) is 13.7. The van der Waals surface area contributed by atoms with Crippen molar-refractivity contribution in [1.82, 2.24) is 4.72 Å². The minimum absolute atomic E-state index is 0.00573. The highest BCUT2D eigenvalue weighted by molar-refractivity contribution is 7.89. The summed E-state index contributed by atoms with van der Waals surface area (Å²) in [6.45, 7) is 3.52. The van der Waals surface area contributed by atoms with Crippen LogP contribution in [0.4, 0.5) is 4.39 Å². The highest BCUT2D eigenvalue weighted by atomic mass is 32.2. The first-order valence-electron chi connectivity index (χ1n) is 6.22. The van der Waals surface area contributed by atoms with E-state index in [0.29, 0.717) is 5.56 Å². The van der Waals surface area contributed by atoms with Gasteiger partial charge >= 0.3 is 0 Å². The van der Waals surface area contributed by atoms with E-state index in [1.807, 2.05) is 13.8 Å². The molecule has 0 spiro atoms. The summed E-state index contributed by atoms with van der Waals surface area (Å²) in [4.78, 5) is -0.467. The summed E-state index contributed by atoms with van der Waals surface area (Å²) in [6, 6.07) is 3.04. The molecule has 0 saturated carbocycles. The molecule has 1 rings (SSSR count). The standard InChI is InChI=1S/C13H20FNO4S/c1-9(2)12(8-19-3)15-20(17,18)13-6-10(7-16)4-5-11(13)14/h4-6,9,12,15-16H,7-8H2,1-3H3. The van der Waals surface area contributed by atoms with Gasteiger partial charge in [-0.05, 0) is 23.6 Å². The molecule has 0 aliphatic heterocycles. The third-order valence-corrected chi connectivity index (χ3v) is 4.43. The zero-order valence-corrected chi connectivity index (χ0v) is 12.6. The van der Waals surface area contributed by atoms with Crippen LogP contribution in [0.2, 0.25) is 0 Å². The lowest BCUT2D eigenvalue weighted by atomic mass is 10.1. The fourth-order valence-electron chi connectivity index (χ4n) is 1.66. The van der Waals surface area contributed by atoms with E-state index >= 15 is 0 Å². The first-order valence-corrected chi connectivity index (χ1v) is 7.70. The minimum Gasteiger partial charge on any atom is -0.392 e. The molecule has 1 aromatic carbocycles. The van der Waals surface area contributed by atoms with Crippen LogP contribution in [0.3, 0.4) is 0 Å². The first-order chi connectivity index (χ1) is 9.31. The van der Waals surface area contributed by atoms with Crippen LogP contribution in [-0.2, 0) is 21.4 Å². The van der Waals surface area contributed by atoms with Crippen molar-refractivity contribution in [2.75, 3.05) is 13.7 Å². The molecule has 2 N–H and O–H groups in total. The monoisotopic (exact) mass is 305 g/mol. The number of hydrogen-bond donors (Lipinski definition) is 2. The Morgan fingerprint density at radius 2 is 2.05 bits per heavy atom. The van der Waals surface area contributed by atoms with E-state index in [4.69, 9.17) is 9.84 Å². The Balaban J connectivity index is 3.09. The number of benzene rings is 1. The van der Waals surface area contributed by atoms with Gasteiger partial charge in [-0.3, -0.25) is 0 Å². The van der Waals surface area contributed by atoms with Crippen LogP contribution in [-0.4, -0.2) is 33.3 Å². The molecule has 0 aliphatic carbocycles. The van der Waals surface area contributed by atoms with E-state index in [9.17, 15) is 12.8 Å². The Morgan fingerprint density at radius 1 is 1.40 bits per heavy atom. The van der Waals surface area contributed by atoms with Crippen molar-refractivity contribution in [2.45, 2.75) is 31.4 Å². The SMILES string of the molecule is COCC(NS(=O)(=O)c1cc(CO)ccc1F)C(C)C. The number of hydrogen-bond acceptors (Lipinski definition) is 4. The molecule has 20 heavy (non-hydrogen) atoms. The molecule has 0 fully saturated rings. The minimum atomic E-state index is -4.01. The Bertz CT molecular complexity index is 545. The highest BCUT2D eigenvalue weighted by Gasteiger charge is 2.25. The Kier molecular flexibility index (Phi) is 6.07. The second kappa shape index (κ2) is 7.12. The van der Waals surface area contributed by atoms with Crippen molar-refractivity contribution in [2.24, 2.45) is 5.92 Å². The molecule has 0 aromatic heterocycles. The van der Waals surface area contributed by atoms with Crippen molar-refractivity contribution in [1.29, 1.82) is 0 Å². The lowest BCUT2D eigenvalue weighted by molar-refractivity contribution is 0.157. The Hall–Kier alpha value is -1.02. The van der Waals surface area contributed by atoms with E-state index in [-0.39, 0.29) is 19.1 Å². The van der Waals surface area contributed by atoms with Crippen LogP contribution in [0.25, 0.3) is 0 Å². The molecule has 114 valence electrons. The third kappa shape index (κ3) is 4.24. The van der Waals surface area contributed by atoms with Crippen molar-refractivity contribution >= 4 is 10.0 Å². The predicted octanol–water partition coefficient (Wildman–Crippen LogP) is 1.27. The van der Waals surface area contributed by atoms with E-state index in [1.165, 1.54) is 13.2 Å². The molecule has 0 radical (unpaired) electrons. The topological polar surface area (TPSA) is 75.6 Å². The Labute approximate surface area is 118 Å². The van der Waals surface area contributed by atoms with Gasteiger partial charge in [0.15, 0.2) is 0 Å². The number of rotatable bonds is 7. The van der Waals surface area contributed by atoms with Crippen LogP contribution in [0.15, 0.2) is 23.1 Å². The molecule has 0 bridgehead atoms. The smallest absolute Gasteiger partial charge is 0.243 e. The molecule has 7 heteroatoms. The van der Waals surface area contributed by atoms with Gasteiger partial charge in [-0.1, -0.05) is 19.9 Å². The summed E-state index contributed by atoms with van der Waals surface area (Å²) >= 11 is 0. The van der Waals surface area contributed by atoms with Crippen molar-refractivity contribution < 1.29 is 22.7 Å². The second-order valence-electron chi connectivity index (χ2n) is 4.85. The zero-order chi connectivity index (χ0) is 15.3. The van der Waals surface area contributed by atoms with E-state index in [1.54, 1.807) is 0 Å². The summed E-state index contributed by atoms with van der Waals surface area (Å²) in [7, 11) is -2.54. The van der Waals surface area contributed by atoms with Gasteiger partial charge in [0, 0.05) is 13.2 Å². The number of aliphatic hydroxyl groups is 1. The molecule has 5 nitrogen and oxygen atoms in total. The number of ether oxygens (including phenoxy) is 1. The largest absolute Gasteiger partial charge is 0.392 e. The van der Waals surface area contributed by atoms with Gasteiger partial charge in [0.05, 0.1) is 13.2 Å². The van der Waals surface area contributed by atoms with Gasteiger partial charge < -0.3 is 9.84 Å². The number of methoxy groups -OCH3 is 1. The molecule has 0 saturated heterocycles. The summed E-state index contributed by atoms with van der Waals surface area (Å²) in [5.74, 6) is -0.858. The zero-order valence-electron chi connectivity index (χ0n) is 11.8. The molecule has 1 aromatic rings. The molecule has 1 atom stereocenters. The number of sulfonamides is 1. The summed E-state index contributed by atoms with van der Waals surface area (Å²) in [6.07, 6.45) is 0. The first kappa shape index (κ1) is 17.0. The van der Waals surface area contributed by atoms with Crippen molar-refractivity contribution in [3.8, 4) is 0 Å². The van der Waals surface area contributed by atoms with Gasteiger partial charge in [0.2, 0.25) is 10.0 Å². The quantitative estimate of drug-likeness (QED) is 0.795. The van der Waals surface area contributed by atoms with Crippen molar-refractivity contribution in [3.63, 3.8) is 0 Å². The summed E-state index contributed by atoms with van der Waals surface area (Å²) in [5, 5.41) is 9.02. The molecular weight excluding hydrogens is 285 g/mol. The maximum atomic E-state index is 13.7. The van der Waals surface area contributed by atoms with Crippen LogP contribution in [0.1, 0.15) is 19.4 Å². The lowest BCUT2D eigenvalue weighted by Gasteiger charge is -2.21. The predicted molar refractivity (Wildman–Crippen MR) is 73.1 cm³/mol.